The molecule has 9 heteroatoms. The van der Waals surface area contributed by atoms with E-state index in [0.29, 0.717) is 11.1 Å². The van der Waals surface area contributed by atoms with Gasteiger partial charge in [0.15, 0.2) is 0 Å². The van der Waals surface area contributed by atoms with Crippen LogP contribution in [0.3, 0.4) is 0 Å². The van der Waals surface area contributed by atoms with Crippen LogP contribution in [0.5, 0.6) is 0 Å². The van der Waals surface area contributed by atoms with Gasteiger partial charge in [0.25, 0.3) is 10.0 Å². The summed E-state index contributed by atoms with van der Waals surface area (Å²) in [5.74, 6) is -0.237. The SMILES string of the molecule is CNC(=O)NS(=O)(=O)c1cc(CC(=O)NC(C)c2ccc[nH]2)ccc1C. The number of carbonyl (C=O) groups is 2. The molecule has 26 heavy (non-hydrogen) atoms. The maximum Gasteiger partial charge on any atom is 0.328 e. The number of hydrogen-bond donors (Lipinski definition) is 4. The van der Waals surface area contributed by atoms with Gasteiger partial charge in [-0.1, -0.05) is 12.1 Å². The lowest BCUT2D eigenvalue weighted by molar-refractivity contribution is -0.121. The molecule has 2 aromatic rings. The van der Waals surface area contributed by atoms with Crippen LogP contribution >= 0.6 is 0 Å². The number of sulfonamides is 1. The number of benzene rings is 1. The first-order valence-electron chi connectivity index (χ1n) is 7.99. The number of nitrogens with one attached hydrogen (secondary N) is 4. The lowest BCUT2D eigenvalue weighted by atomic mass is 10.1. The maximum atomic E-state index is 12.3. The van der Waals surface area contributed by atoms with Gasteiger partial charge in [0.2, 0.25) is 5.91 Å². The summed E-state index contributed by atoms with van der Waals surface area (Å²) >= 11 is 0. The van der Waals surface area contributed by atoms with E-state index in [1.165, 1.54) is 13.1 Å². The minimum absolute atomic E-state index is 0.0216. The Bertz CT molecular complexity index is 891. The number of aromatic amines is 1. The zero-order valence-corrected chi connectivity index (χ0v) is 15.6. The van der Waals surface area contributed by atoms with E-state index in [9.17, 15) is 18.0 Å². The summed E-state index contributed by atoms with van der Waals surface area (Å²) in [4.78, 5) is 26.6. The Morgan fingerprint density at radius 2 is 1.96 bits per heavy atom. The van der Waals surface area contributed by atoms with Crippen LogP contribution in [0.25, 0.3) is 0 Å². The van der Waals surface area contributed by atoms with Crippen molar-refractivity contribution >= 4 is 22.0 Å². The summed E-state index contributed by atoms with van der Waals surface area (Å²) < 4.78 is 26.5. The predicted molar refractivity (Wildman–Crippen MR) is 97.0 cm³/mol. The highest BCUT2D eigenvalue weighted by molar-refractivity contribution is 7.90. The zero-order chi connectivity index (χ0) is 19.3. The van der Waals surface area contributed by atoms with Gasteiger partial charge in [-0.25, -0.2) is 17.9 Å². The zero-order valence-electron chi connectivity index (χ0n) is 14.8. The third-order valence-electron chi connectivity index (χ3n) is 3.83. The van der Waals surface area contributed by atoms with Gasteiger partial charge in [-0.3, -0.25) is 4.79 Å². The molecular weight excluding hydrogens is 356 g/mol. The number of aromatic nitrogens is 1. The molecule has 1 heterocycles. The van der Waals surface area contributed by atoms with Crippen molar-refractivity contribution in [2.75, 3.05) is 7.05 Å². The molecule has 0 bridgehead atoms. The number of hydrogen-bond acceptors (Lipinski definition) is 4. The largest absolute Gasteiger partial charge is 0.363 e. The van der Waals surface area contributed by atoms with Gasteiger partial charge >= 0.3 is 6.03 Å². The summed E-state index contributed by atoms with van der Waals surface area (Å²) in [5.41, 5.74) is 1.88. The van der Waals surface area contributed by atoms with Gasteiger partial charge in [-0.2, -0.15) is 0 Å². The van der Waals surface area contributed by atoms with Gasteiger partial charge in [0.05, 0.1) is 17.4 Å². The van der Waals surface area contributed by atoms with Crippen LogP contribution in [0.4, 0.5) is 4.79 Å². The highest BCUT2D eigenvalue weighted by atomic mass is 32.2. The van der Waals surface area contributed by atoms with Gasteiger partial charge < -0.3 is 15.6 Å². The van der Waals surface area contributed by atoms with Gasteiger partial charge in [0.1, 0.15) is 0 Å². The molecule has 0 aliphatic rings. The molecular formula is C17H22N4O4S. The fraction of sp³-hybridized carbons (Fsp3) is 0.294. The Hall–Kier alpha value is -2.81. The molecule has 4 N–H and O–H groups in total. The Labute approximate surface area is 152 Å². The first kappa shape index (κ1) is 19.5. The average molecular weight is 378 g/mol. The molecule has 8 nitrogen and oxygen atoms in total. The third kappa shape index (κ3) is 4.85. The van der Waals surface area contributed by atoms with Crippen LogP contribution in [-0.4, -0.2) is 32.4 Å². The van der Waals surface area contributed by atoms with Crippen molar-refractivity contribution in [1.82, 2.24) is 20.3 Å². The van der Waals surface area contributed by atoms with E-state index in [2.05, 4.69) is 15.6 Å². The van der Waals surface area contributed by atoms with Crippen molar-refractivity contribution in [2.24, 2.45) is 0 Å². The van der Waals surface area contributed by atoms with Crippen molar-refractivity contribution in [2.45, 2.75) is 31.2 Å². The number of urea groups is 1. The van der Waals surface area contributed by atoms with Crippen LogP contribution in [0.1, 0.15) is 29.8 Å². The smallest absolute Gasteiger partial charge is 0.328 e. The topological polar surface area (TPSA) is 120 Å². The minimum Gasteiger partial charge on any atom is -0.363 e. The van der Waals surface area contributed by atoms with Crippen LogP contribution in [0.15, 0.2) is 41.4 Å². The number of rotatable bonds is 6. The van der Waals surface area contributed by atoms with E-state index in [-0.39, 0.29) is 23.3 Å². The van der Waals surface area contributed by atoms with E-state index < -0.39 is 16.1 Å². The highest BCUT2D eigenvalue weighted by Crippen LogP contribution is 2.18. The third-order valence-corrected chi connectivity index (χ3v) is 5.30. The lowest BCUT2D eigenvalue weighted by Crippen LogP contribution is -2.37. The normalized spacial score (nSPS) is 12.3. The molecule has 1 aromatic heterocycles. The fourth-order valence-electron chi connectivity index (χ4n) is 2.44. The fourth-order valence-corrected chi connectivity index (χ4v) is 3.70. The maximum absolute atomic E-state index is 12.3. The van der Waals surface area contributed by atoms with E-state index in [1.54, 1.807) is 25.3 Å². The quantitative estimate of drug-likeness (QED) is 0.606. The van der Waals surface area contributed by atoms with E-state index in [1.807, 2.05) is 23.8 Å². The summed E-state index contributed by atoms with van der Waals surface area (Å²) in [6.07, 6.45) is 1.79. The molecule has 1 atom stereocenters. The van der Waals surface area contributed by atoms with E-state index in [4.69, 9.17) is 0 Å². The van der Waals surface area contributed by atoms with Crippen molar-refractivity contribution in [3.63, 3.8) is 0 Å². The molecule has 0 aliphatic carbocycles. The van der Waals surface area contributed by atoms with Gasteiger partial charge in [-0.05, 0) is 43.2 Å². The van der Waals surface area contributed by atoms with Crippen molar-refractivity contribution < 1.29 is 18.0 Å². The second kappa shape index (κ2) is 8.05. The van der Waals surface area contributed by atoms with Crippen molar-refractivity contribution in [3.8, 4) is 0 Å². The minimum atomic E-state index is -4.02. The van der Waals surface area contributed by atoms with E-state index >= 15 is 0 Å². The molecule has 0 saturated heterocycles. The standard InChI is InChI=1S/C17H22N4O4S/c1-11-6-7-13(9-15(11)26(24,25)21-17(23)18-3)10-16(22)20-12(2)14-5-4-8-19-14/h4-9,12,19H,10H2,1-3H3,(H,20,22)(H2,18,21,23). The average Bonchev–Trinajstić information content (AvgIpc) is 3.10. The Kier molecular flexibility index (Phi) is 6.04. The van der Waals surface area contributed by atoms with Crippen LogP contribution in [-0.2, 0) is 21.2 Å². The number of aryl methyl sites for hydroxylation is 1. The second-order valence-corrected chi connectivity index (χ2v) is 7.53. The second-order valence-electron chi connectivity index (χ2n) is 5.88. The lowest BCUT2D eigenvalue weighted by Gasteiger charge is -2.14. The Morgan fingerprint density at radius 1 is 1.23 bits per heavy atom. The summed E-state index contributed by atoms with van der Waals surface area (Å²) in [6, 6.07) is 7.39. The first-order valence-corrected chi connectivity index (χ1v) is 9.48. The molecule has 0 spiro atoms. The molecule has 0 fully saturated rings. The molecule has 1 aromatic carbocycles. The predicted octanol–water partition coefficient (Wildman–Crippen LogP) is 1.36. The molecule has 0 aliphatic heterocycles. The van der Waals surface area contributed by atoms with Crippen LogP contribution < -0.4 is 15.4 Å². The van der Waals surface area contributed by atoms with Gasteiger partial charge in [0, 0.05) is 18.9 Å². The molecule has 140 valence electrons. The highest BCUT2D eigenvalue weighted by Gasteiger charge is 2.20. The summed E-state index contributed by atoms with van der Waals surface area (Å²) in [7, 11) is -2.69. The Morgan fingerprint density at radius 3 is 2.58 bits per heavy atom. The summed E-state index contributed by atoms with van der Waals surface area (Å²) in [5, 5.41) is 5.04. The molecule has 2 rings (SSSR count). The number of H-pyrrole nitrogens is 1. The molecule has 1 unspecified atom stereocenters. The molecule has 0 saturated carbocycles. The van der Waals surface area contributed by atoms with Crippen LogP contribution in [0.2, 0.25) is 0 Å². The van der Waals surface area contributed by atoms with E-state index in [0.717, 1.165) is 5.69 Å². The Balaban J connectivity index is 2.13. The van der Waals surface area contributed by atoms with Gasteiger partial charge in [-0.15, -0.1) is 0 Å². The van der Waals surface area contributed by atoms with Crippen molar-refractivity contribution in [3.05, 3.63) is 53.3 Å². The summed E-state index contributed by atoms with van der Waals surface area (Å²) in [6.45, 7) is 3.47. The number of amides is 3. The molecule has 0 radical (unpaired) electrons. The first-order chi connectivity index (χ1) is 12.2. The monoisotopic (exact) mass is 378 g/mol. The van der Waals surface area contributed by atoms with Crippen molar-refractivity contribution in [1.29, 1.82) is 0 Å². The van der Waals surface area contributed by atoms with Crippen LogP contribution in [0, 0.1) is 6.92 Å². The molecule has 3 amide bonds. The number of carbonyl (C=O) groups excluding carboxylic acids is 2.